The number of carbonyl (C=O) groups is 1. The van der Waals surface area contributed by atoms with Crippen molar-refractivity contribution in [3.63, 3.8) is 0 Å². The highest BCUT2D eigenvalue weighted by molar-refractivity contribution is 14.1. The molecule has 1 rings (SSSR count). The molecule has 1 heterocycles. The zero-order valence-electron chi connectivity index (χ0n) is 10.1. The Kier molecular flexibility index (Phi) is 4.60. The Bertz CT molecular complexity index is 432. The summed E-state index contributed by atoms with van der Waals surface area (Å²) < 4.78 is 6.08. The molecule has 0 aromatic carbocycles. The number of hydrogen-bond donors (Lipinski definition) is 0. The smallest absolute Gasteiger partial charge is 0.415 e. The summed E-state index contributed by atoms with van der Waals surface area (Å²) in [6.45, 7) is 5.44. The summed E-state index contributed by atoms with van der Waals surface area (Å²) in [6.07, 6.45) is -0.454. The number of nitrogens with zero attached hydrogens (tertiary/aromatic N) is 2. The molecule has 0 atom stereocenters. The van der Waals surface area contributed by atoms with Gasteiger partial charge in [0.15, 0.2) is 5.82 Å². The van der Waals surface area contributed by atoms with Crippen molar-refractivity contribution in [3.8, 4) is 0 Å². The van der Waals surface area contributed by atoms with E-state index in [0.717, 1.165) is 3.57 Å². The lowest BCUT2D eigenvalue weighted by atomic mass is 10.2. The number of ether oxygens (including phenoxy) is 1. The van der Waals surface area contributed by atoms with Gasteiger partial charge >= 0.3 is 6.09 Å². The van der Waals surface area contributed by atoms with Crippen LogP contribution >= 0.6 is 34.2 Å². The predicted molar refractivity (Wildman–Crippen MR) is 76.6 cm³/mol. The van der Waals surface area contributed by atoms with Crippen LogP contribution < -0.4 is 4.90 Å². The van der Waals surface area contributed by atoms with Crippen LogP contribution in [0.3, 0.4) is 0 Å². The Morgan fingerprint density at radius 2 is 2.06 bits per heavy atom. The van der Waals surface area contributed by atoms with E-state index in [1.54, 1.807) is 19.2 Å². The fourth-order valence-electron chi connectivity index (χ4n) is 1.06. The van der Waals surface area contributed by atoms with Crippen LogP contribution in [0.1, 0.15) is 20.8 Å². The van der Waals surface area contributed by atoms with Crippen LogP contribution in [-0.2, 0) is 4.74 Å². The van der Waals surface area contributed by atoms with Crippen LogP contribution in [0.4, 0.5) is 10.6 Å². The number of halogens is 2. The van der Waals surface area contributed by atoms with Crippen molar-refractivity contribution >= 4 is 46.1 Å². The van der Waals surface area contributed by atoms with Gasteiger partial charge in [0.1, 0.15) is 10.8 Å². The second-order valence-electron chi connectivity index (χ2n) is 4.48. The highest BCUT2D eigenvalue weighted by Gasteiger charge is 2.22. The van der Waals surface area contributed by atoms with Crippen LogP contribution in [0.2, 0.25) is 5.15 Å². The van der Waals surface area contributed by atoms with E-state index >= 15 is 0 Å². The lowest BCUT2D eigenvalue weighted by Crippen LogP contribution is -2.35. The van der Waals surface area contributed by atoms with E-state index in [4.69, 9.17) is 16.3 Å². The van der Waals surface area contributed by atoms with E-state index in [2.05, 4.69) is 27.6 Å². The lowest BCUT2D eigenvalue weighted by molar-refractivity contribution is 0.0588. The first kappa shape index (κ1) is 14.5. The average molecular weight is 369 g/mol. The number of amides is 1. The molecule has 0 aliphatic rings. The molecule has 1 amide bonds. The summed E-state index contributed by atoms with van der Waals surface area (Å²) in [5.74, 6) is 0.493. The molecule has 4 nitrogen and oxygen atoms in total. The minimum Gasteiger partial charge on any atom is -0.443 e. The predicted octanol–water partition coefficient (Wildman–Crippen LogP) is 3.71. The molecule has 0 spiro atoms. The molecule has 1 aromatic heterocycles. The van der Waals surface area contributed by atoms with Crippen molar-refractivity contribution in [2.24, 2.45) is 0 Å². The molecule has 0 fully saturated rings. The summed E-state index contributed by atoms with van der Waals surface area (Å²) in [4.78, 5) is 17.3. The van der Waals surface area contributed by atoms with Crippen LogP contribution in [-0.4, -0.2) is 23.7 Å². The second-order valence-corrected chi connectivity index (χ2v) is 6.03. The molecule has 0 saturated carbocycles. The van der Waals surface area contributed by atoms with E-state index in [0.29, 0.717) is 11.0 Å². The first-order valence-corrected chi connectivity index (χ1v) is 6.45. The Morgan fingerprint density at radius 3 is 2.59 bits per heavy atom. The Morgan fingerprint density at radius 1 is 1.47 bits per heavy atom. The van der Waals surface area contributed by atoms with E-state index in [-0.39, 0.29) is 0 Å². The van der Waals surface area contributed by atoms with Crippen molar-refractivity contribution < 1.29 is 9.53 Å². The van der Waals surface area contributed by atoms with Crippen LogP contribution in [0.25, 0.3) is 0 Å². The minimum atomic E-state index is -0.532. The van der Waals surface area contributed by atoms with Gasteiger partial charge in [-0.2, -0.15) is 0 Å². The molecule has 94 valence electrons. The van der Waals surface area contributed by atoms with Gasteiger partial charge in [-0.15, -0.1) is 0 Å². The molecule has 0 saturated heterocycles. The third-order valence-corrected chi connectivity index (χ3v) is 2.83. The number of pyridine rings is 1. The van der Waals surface area contributed by atoms with Gasteiger partial charge < -0.3 is 4.74 Å². The SMILES string of the molecule is CN(C(=O)OC(C)(C)C)c1nc(Cl)ccc1I. The molecule has 17 heavy (non-hydrogen) atoms. The van der Waals surface area contributed by atoms with Crippen LogP contribution in [0.5, 0.6) is 0 Å². The van der Waals surface area contributed by atoms with E-state index in [1.807, 2.05) is 20.8 Å². The molecule has 0 unspecified atom stereocenters. The molecule has 0 aliphatic heterocycles. The zero-order chi connectivity index (χ0) is 13.2. The lowest BCUT2D eigenvalue weighted by Gasteiger charge is -2.24. The summed E-state index contributed by atoms with van der Waals surface area (Å²) in [6, 6.07) is 3.47. The number of anilines is 1. The maximum Gasteiger partial charge on any atom is 0.415 e. The van der Waals surface area contributed by atoms with Crippen LogP contribution in [0.15, 0.2) is 12.1 Å². The number of rotatable bonds is 1. The fourth-order valence-corrected chi connectivity index (χ4v) is 1.87. The van der Waals surface area contributed by atoms with Gasteiger partial charge in [-0.3, -0.25) is 4.90 Å². The Hall–Kier alpha value is -0.560. The summed E-state index contributed by atoms with van der Waals surface area (Å²) in [5.41, 5.74) is -0.532. The first-order chi connectivity index (χ1) is 7.70. The molecule has 0 bridgehead atoms. The third-order valence-electron chi connectivity index (χ3n) is 1.78. The fraction of sp³-hybridized carbons (Fsp3) is 0.455. The molecular weight excluding hydrogens is 354 g/mol. The minimum absolute atomic E-state index is 0.343. The van der Waals surface area contributed by atoms with Crippen molar-refractivity contribution in [2.75, 3.05) is 11.9 Å². The first-order valence-electron chi connectivity index (χ1n) is 4.99. The monoisotopic (exact) mass is 368 g/mol. The van der Waals surface area contributed by atoms with Crippen molar-refractivity contribution in [1.29, 1.82) is 0 Å². The molecule has 0 radical (unpaired) electrons. The van der Waals surface area contributed by atoms with E-state index in [9.17, 15) is 4.79 Å². The topological polar surface area (TPSA) is 42.4 Å². The summed E-state index contributed by atoms with van der Waals surface area (Å²) in [7, 11) is 1.61. The standard InChI is InChI=1S/C11H14ClIN2O2/c1-11(2,3)17-10(16)15(4)9-7(13)5-6-8(12)14-9/h5-6H,1-4H3. The summed E-state index contributed by atoms with van der Waals surface area (Å²) in [5, 5.41) is 0.343. The second kappa shape index (κ2) is 5.39. The Labute approximate surface area is 119 Å². The van der Waals surface area contributed by atoms with E-state index in [1.165, 1.54) is 4.90 Å². The van der Waals surface area contributed by atoms with Gasteiger partial charge in [0.2, 0.25) is 0 Å². The molecule has 1 aromatic rings. The maximum atomic E-state index is 11.8. The molecule has 0 N–H and O–H groups in total. The molecular formula is C11H14ClIN2O2. The van der Waals surface area contributed by atoms with Crippen LogP contribution in [0, 0.1) is 3.57 Å². The zero-order valence-corrected chi connectivity index (χ0v) is 13.0. The summed E-state index contributed by atoms with van der Waals surface area (Å²) >= 11 is 7.90. The van der Waals surface area contributed by atoms with E-state index < -0.39 is 11.7 Å². The van der Waals surface area contributed by atoms with Gasteiger partial charge in [-0.05, 0) is 55.5 Å². The van der Waals surface area contributed by atoms with Gasteiger partial charge in [-0.25, -0.2) is 9.78 Å². The van der Waals surface area contributed by atoms with Gasteiger partial charge in [0.05, 0.1) is 3.57 Å². The average Bonchev–Trinajstić information content (AvgIpc) is 2.18. The van der Waals surface area contributed by atoms with Crippen molar-refractivity contribution in [3.05, 3.63) is 20.9 Å². The van der Waals surface area contributed by atoms with Crippen molar-refractivity contribution in [1.82, 2.24) is 4.98 Å². The normalized spacial score (nSPS) is 11.2. The van der Waals surface area contributed by atoms with Gasteiger partial charge in [-0.1, -0.05) is 11.6 Å². The number of hydrogen-bond acceptors (Lipinski definition) is 3. The highest BCUT2D eigenvalue weighted by Crippen LogP contribution is 2.23. The Balaban J connectivity index is 2.92. The quantitative estimate of drug-likeness (QED) is 0.560. The molecule has 6 heteroatoms. The van der Waals surface area contributed by atoms with Gasteiger partial charge in [0.25, 0.3) is 0 Å². The van der Waals surface area contributed by atoms with Gasteiger partial charge in [0, 0.05) is 7.05 Å². The number of aromatic nitrogens is 1. The van der Waals surface area contributed by atoms with Crippen molar-refractivity contribution in [2.45, 2.75) is 26.4 Å². The number of carbonyl (C=O) groups excluding carboxylic acids is 1. The molecule has 0 aliphatic carbocycles. The third kappa shape index (κ3) is 4.31. The largest absolute Gasteiger partial charge is 0.443 e. The maximum absolute atomic E-state index is 11.8. The highest BCUT2D eigenvalue weighted by atomic mass is 127.